The zero-order valence-corrected chi connectivity index (χ0v) is 26.8. The van der Waals surface area contributed by atoms with Crippen LogP contribution in [0.25, 0.3) is 0 Å². The summed E-state index contributed by atoms with van der Waals surface area (Å²) in [5.41, 5.74) is 2.96. The Labute approximate surface area is 284 Å². The van der Waals surface area contributed by atoms with E-state index < -0.39 is 34.6 Å². The average molecular weight is 658 g/mol. The van der Waals surface area contributed by atoms with Gasteiger partial charge >= 0.3 is 0 Å². The zero-order valence-electron chi connectivity index (χ0n) is 26.8. The van der Waals surface area contributed by atoms with Crippen molar-refractivity contribution < 1.29 is 26.9 Å². The molecule has 6 aromatic rings. The highest BCUT2D eigenvalue weighted by Gasteiger charge is 2.57. The third-order valence-electron chi connectivity index (χ3n) is 8.31. The Morgan fingerprint density at radius 2 is 0.551 bits per heavy atom. The molecule has 0 aliphatic heterocycles. The molecule has 7 rings (SSSR count). The van der Waals surface area contributed by atoms with Gasteiger partial charge in [-0.05, 0) is 34.4 Å². The lowest BCUT2D eigenvalue weighted by Crippen LogP contribution is -3.00. The van der Waals surface area contributed by atoms with E-state index in [9.17, 15) is 13.2 Å². The summed E-state index contributed by atoms with van der Waals surface area (Å²) in [6, 6.07) is 46.6. The van der Waals surface area contributed by atoms with Gasteiger partial charge in [-0.15, -0.1) is 0 Å². The lowest BCUT2D eigenvalue weighted by atomic mass is 9.74. The van der Waals surface area contributed by atoms with Gasteiger partial charge in [0.05, 0.1) is 14.1 Å². The highest BCUT2D eigenvalue weighted by Crippen LogP contribution is 2.64. The molecule has 0 unspecified atom stereocenters. The Hall–Kier alpha value is -5.07. The molecule has 5 radical (unpaired) electrons. The van der Waals surface area contributed by atoms with Crippen molar-refractivity contribution in [2.45, 2.75) is 0 Å². The number of rotatable bonds is 6. The van der Waals surface area contributed by atoms with E-state index in [-0.39, 0.29) is 5.92 Å². The van der Waals surface area contributed by atoms with Crippen LogP contribution in [-0.4, -0.2) is 14.1 Å². The molecule has 1 nitrogen and oxygen atoms in total. The highest BCUT2D eigenvalue weighted by atomic mass is 19.2. The molecule has 1 fully saturated rings. The van der Waals surface area contributed by atoms with E-state index in [0.29, 0.717) is 34.8 Å². The van der Waals surface area contributed by atoms with Crippen LogP contribution in [-0.2, 0) is 0 Å². The number of hydrogen-bond acceptors (Lipinski definition) is 0. The Bertz CT molecular complexity index is 1830. The maximum Gasteiger partial charge on any atom is 0.200 e. The summed E-state index contributed by atoms with van der Waals surface area (Å²) in [6.45, 7) is 0. The van der Waals surface area contributed by atoms with Gasteiger partial charge in [-0.1, -0.05) is 140 Å². The second-order valence-electron chi connectivity index (χ2n) is 11.7. The summed E-state index contributed by atoms with van der Waals surface area (Å²) >= 11 is 0. The van der Waals surface area contributed by atoms with Gasteiger partial charge in [0.1, 0.15) is 5.69 Å². The predicted molar refractivity (Wildman–Crippen MR) is 183 cm³/mol. The number of hydrogen-bond donors (Lipinski definition) is 1. The van der Waals surface area contributed by atoms with Gasteiger partial charge in [0.2, 0.25) is 5.82 Å². The predicted octanol–water partition coefficient (Wildman–Crippen LogP) is 9.27. The lowest BCUT2D eigenvalue weighted by molar-refractivity contribution is -0.786. The zero-order chi connectivity index (χ0) is 34.5. The van der Waals surface area contributed by atoms with Gasteiger partial charge in [-0.3, -0.25) is 0 Å². The highest BCUT2D eigenvalue weighted by molar-refractivity contribution is 5.85. The summed E-state index contributed by atoms with van der Waals surface area (Å²) < 4.78 is 75.2. The molecule has 6 heteroatoms. The van der Waals surface area contributed by atoms with Crippen LogP contribution in [0.2, 0.25) is 0 Å². The topological polar surface area (TPSA) is 4.44 Å². The Morgan fingerprint density at radius 1 is 0.306 bits per heavy atom. The molecule has 1 N–H and O–H groups in total. The van der Waals surface area contributed by atoms with Crippen molar-refractivity contribution in [2.75, 3.05) is 14.1 Å². The summed E-state index contributed by atoms with van der Waals surface area (Å²) in [5, 5.41) is 0. The molecule has 6 aromatic carbocycles. The van der Waals surface area contributed by atoms with E-state index in [4.69, 9.17) is 0 Å². The monoisotopic (exact) mass is 657 g/mol. The third kappa shape index (κ3) is 6.79. The first-order valence-electron chi connectivity index (χ1n) is 15.7. The van der Waals surface area contributed by atoms with Crippen LogP contribution in [0.4, 0.5) is 27.6 Å². The Morgan fingerprint density at radius 3 is 0.816 bits per heavy atom. The van der Waals surface area contributed by atoms with Crippen LogP contribution < -0.4 is 4.90 Å². The first kappa shape index (κ1) is 33.8. The van der Waals surface area contributed by atoms with Crippen molar-refractivity contribution in [2.24, 2.45) is 0 Å². The van der Waals surface area contributed by atoms with Gasteiger partial charge in [-0.2, -0.15) is 0 Å². The third-order valence-corrected chi connectivity index (χ3v) is 8.31. The minimum atomic E-state index is -2.20. The molecule has 0 bridgehead atoms. The van der Waals surface area contributed by atoms with Crippen LogP contribution in [0.15, 0.2) is 152 Å². The summed E-state index contributed by atoms with van der Waals surface area (Å²) in [7, 11) is 4.24. The average Bonchev–Trinajstić information content (AvgIpc) is 3.51. The fourth-order valence-electron chi connectivity index (χ4n) is 6.04. The molecule has 49 heavy (non-hydrogen) atoms. The quantitative estimate of drug-likeness (QED) is 0.104. The van der Waals surface area contributed by atoms with Crippen molar-refractivity contribution in [3.8, 4) is 0 Å². The number of benzene rings is 6. The van der Waals surface area contributed by atoms with Crippen molar-refractivity contribution in [1.82, 2.24) is 0 Å². The molecule has 0 aromatic heterocycles. The molecule has 0 amide bonds. The van der Waals surface area contributed by atoms with Crippen LogP contribution in [0, 0.1) is 58.7 Å². The second-order valence-corrected chi connectivity index (χ2v) is 11.7. The SMILES string of the molecule is C[NH+](C)c1ccccc1.Fc1c(F)c(F)c([C]2[C](c3ccccc3)[C](c3ccccc3)[C](c3ccccc3)[C]2c2ccccc2)c(F)c1F. The molecule has 0 spiro atoms. The summed E-state index contributed by atoms with van der Waals surface area (Å²) in [4.78, 5) is 1.37. The molecule has 0 saturated heterocycles. The van der Waals surface area contributed by atoms with Crippen molar-refractivity contribution in [3.63, 3.8) is 0 Å². The van der Waals surface area contributed by atoms with Gasteiger partial charge < -0.3 is 4.90 Å². The van der Waals surface area contributed by atoms with Gasteiger partial charge in [0.15, 0.2) is 23.3 Å². The Balaban J connectivity index is 0.000000403. The van der Waals surface area contributed by atoms with Crippen molar-refractivity contribution in [3.05, 3.63) is 238 Å². The number of para-hydroxylation sites is 1. The summed E-state index contributed by atoms with van der Waals surface area (Å²) in [5.74, 6) is -8.02. The van der Waals surface area contributed by atoms with E-state index in [1.807, 2.05) is 66.7 Å². The van der Waals surface area contributed by atoms with E-state index in [1.54, 1.807) is 60.7 Å². The van der Waals surface area contributed by atoms with Gasteiger partial charge in [0.25, 0.3) is 0 Å². The van der Waals surface area contributed by atoms with Crippen molar-refractivity contribution in [1.29, 1.82) is 0 Å². The fourth-order valence-corrected chi connectivity index (χ4v) is 6.04. The van der Waals surface area contributed by atoms with Gasteiger partial charge in [-0.25, -0.2) is 22.0 Å². The van der Waals surface area contributed by atoms with E-state index in [1.165, 1.54) is 10.6 Å². The molecule has 243 valence electrons. The molecule has 1 aliphatic rings. The molecule has 1 aliphatic carbocycles. The molecular formula is C43H32F5N+. The van der Waals surface area contributed by atoms with Crippen LogP contribution >= 0.6 is 0 Å². The Kier molecular flexibility index (Phi) is 10.4. The lowest BCUT2D eigenvalue weighted by Gasteiger charge is -2.27. The first-order valence-corrected chi connectivity index (χ1v) is 15.7. The number of halogens is 5. The van der Waals surface area contributed by atoms with E-state index in [2.05, 4.69) is 38.4 Å². The maximum absolute atomic E-state index is 15.7. The minimum Gasteiger partial charge on any atom is -0.307 e. The summed E-state index contributed by atoms with van der Waals surface area (Å²) in [6.07, 6.45) is 0. The van der Waals surface area contributed by atoms with Crippen LogP contribution in [0.5, 0.6) is 0 Å². The normalized spacial score (nSPS) is 14.6. The molecule has 1 saturated carbocycles. The fraction of sp³-hybridized carbons (Fsp3) is 0.0465. The minimum absolute atomic E-state index is 0.0668. The number of quaternary nitrogens is 1. The maximum atomic E-state index is 15.7. The smallest absolute Gasteiger partial charge is 0.200 e. The first-order chi connectivity index (χ1) is 23.8. The largest absolute Gasteiger partial charge is 0.307 e. The van der Waals surface area contributed by atoms with E-state index in [0.717, 1.165) is 11.1 Å². The van der Waals surface area contributed by atoms with Crippen LogP contribution in [0.3, 0.4) is 0 Å². The number of nitrogens with one attached hydrogen (secondary N) is 1. The molecule has 0 atom stereocenters. The van der Waals surface area contributed by atoms with E-state index >= 15 is 8.78 Å². The second kappa shape index (κ2) is 15.0. The standard InChI is InChI=1S/C35H20F5.C8H11N/c36-31-30(32(37)34(39)35(40)33(31)38)29-27(23-17-9-3-10-18-23)25(21-13-5-1-6-14-21)26(22-15-7-2-8-16-22)28(29)24-19-11-4-12-20-24;1-9(2)8-6-4-3-5-7-8/h1-20H;3-7H,1-2H3/p+1. The van der Waals surface area contributed by atoms with Gasteiger partial charge in [0, 0.05) is 35.2 Å². The van der Waals surface area contributed by atoms with Crippen LogP contribution in [0.1, 0.15) is 27.8 Å². The van der Waals surface area contributed by atoms with Crippen molar-refractivity contribution >= 4 is 5.69 Å². The molecule has 0 heterocycles. The molecular weight excluding hydrogens is 625 g/mol.